The van der Waals surface area contributed by atoms with Crippen LogP contribution in [0.3, 0.4) is 0 Å². The van der Waals surface area contributed by atoms with Crippen molar-refractivity contribution in [2.45, 2.75) is 20.8 Å². The lowest BCUT2D eigenvalue weighted by atomic mass is 10.1. The van der Waals surface area contributed by atoms with Crippen LogP contribution in [0.2, 0.25) is 0 Å². The van der Waals surface area contributed by atoms with Crippen molar-refractivity contribution in [1.82, 2.24) is 5.16 Å². The number of benzene rings is 1. The summed E-state index contributed by atoms with van der Waals surface area (Å²) in [6.45, 7) is 5.74. The van der Waals surface area contributed by atoms with Crippen LogP contribution in [0.15, 0.2) is 37.7 Å². The van der Waals surface area contributed by atoms with Crippen molar-refractivity contribution in [2.75, 3.05) is 0 Å². The highest BCUT2D eigenvalue weighted by Gasteiger charge is 2.06. The second kappa shape index (κ2) is 4.37. The van der Waals surface area contributed by atoms with Crippen LogP contribution in [-0.2, 0) is 0 Å². The molecule has 1 heterocycles. The molecule has 0 bridgehead atoms. The van der Waals surface area contributed by atoms with Crippen LogP contribution in [0, 0.1) is 20.8 Å². The van der Waals surface area contributed by atoms with E-state index >= 15 is 0 Å². The van der Waals surface area contributed by atoms with Gasteiger partial charge >= 0.3 is 5.63 Å². The Morgan fingerprint density at radius 2 is 1.88 bits per heavy atom. The Morgan fingerprint density at radius 1 is 1.12 bits per heavy atom. The number of aromatic amines is 1. The first-order chi connectivity index (χ1) is 8.08. The highest BCUT2D eigenvalue weighted by atomic mass is 16.5. The average Bonchev–Trinajstić information content (AvgIpc) is 2.61. The molecular weight excluding hydrogens is 218 g/mol. The zero-order chi connectivity index (χ0) is 12.4. The van der Waals surface area contributed by atoms with E-state index in [1.54, 1.807) is 6.92 Å². The van der Waals surface area contributed by atoms with Gasteiger partial charge in [0.05, 0.1) is 11.4 Å². The van der Waals surface area contributed by atoms with Crippen molar-refractivity contribution in [2.24, 2.45) is 10.2 Å². The highest BCUT2D eigenvalue weighted by molar-refractivity contribution is 5.44. The number of nitrogens with zero attached hydrogens (tertiary/aromatic N) is 2. The molecule has 5 nitrogen and oxygen atoms in total. The molecule has 0 unspecified atom stereocenters. The molecule has 5 heteroatoms. The first-order valence-electron chi connectivity index (χ1n) is 5.25. The van der Waals surface area contributed by atoms with Crippen molar-refractivity contribution >= 4 is 11.4 Å². The fourth-order valence-corrected chi connectivity index (χ4v) is 1.38. The van der Waals surface area contributed by atoms with Crippen LogP contribution in [0.1, 0.15) is 16.8 Å². The average molecular weight is 231 g/mol. The van der Waals surface area contributed by atoms with Crippen LogP contribution < -0.4 is 5.63 Å². The van der Waals surface area contributed by atoms with E-state index in [0.29, 0.717) is 11.4 Å². The molecule has 1 N–H and O–H groups in total. The van der Waals surface area contributed by atoms with Gasteiger partial charge in [-0.05, 0) is 44.0 Å². The highest BCUT2D eigenvalue weighted by Crippen LogP contribution is 2.20. The minimum atomic E-state index is -0.505. The normalized spacial score (nSPS) is 11.2. The topological polar surface area (TPSA) is 70.7 Å². The van der Waals surface area contributed by atoms with Gasteiger partial charge in [-0.25, -0.2) is 9.95 Å². The maximum atomic E-state index is 11.2. The predicted octanol–water partition coefficient (Wildman–Crippen LogP) is 3.31. The minimum Gasteiger partial charge on any atom is -0.336 e. The van der Waals surface area contributed by atoms with Crippen LogP contribution in [0.5, 0.6) is 0 Å². The summed E-state index contributed by atoms with van der Waals surface area (Å²) < 4.78 is 4.59. The van der Waals surface area contributed by atoms with E-state index in [2.05, 4.69) is 19.9 Å². The SMILES string of the molecule is Cc1ccc(N=Nc2c(C)[nH]oc2=O)cc1C. The fourth-order valence-electron chi connectivity index (χ4n) is 1.38. The van der Waals surface area contributed by atoms with Crippen LogP contribution >= 0.6 is 0 Å². The van der Waals surface area contributed by atoms with E-state index in [0.717, 1.165) is 5.56 Å². The van der Waals surface area contributed by atoms with Crippen LogP contribution in [0.4, 0.5) is 11.4 Å². The summed E-state index contributed by atoms with van der Waals surface area (Å²) in [5, 5.41) is 10.4. The number of nitrogens with one attached hydrogen (secondary N) is 1. The summed E-state index contributed by atoms with van der Waals surface area (Å²) in [4.78, 5) is 11.2. The zero-order valence-electron chi connectivity index (χ0n) is 9.94. The second-order valence-corrected chi connectivity index (χ2v) is 3.93. The standard InChI is InChI=1S/C12H13N3O2/c1-7-4-5-10(6-8(7)2)13-14-11-9(3)15-17-12(11)16/h4-6,15H,1-3H3. The second-order valence-electron chi connectivity index (χ2n) is 3.93. The number of hydrogen-bond donors (Lipinski definition) is 1. The Balaban J connectivity index is 2.32. The fraction of sp³-hybridized carbons (Fsp3) is 0.250. The van der Waals surface area contributed by atoms with E-state index in [4.69, 9.17) is 0 Å². The smallest absolute Gasteiger partial charge is 0.336 e. The predicted molar refractivity (Wildman–Crippen MR) is 64.2 cm³/mol. The van der Waals surface area contributed by atoms with Crippen molar-refractivity contribution in [1.29, 1.82) is 0 Å². The van der Waals surface area contributed by atoms with E-state index in [-0.39, 0.29) is 5.69 Å². The molecular formula is C12H13N3O2. The maximum Gasteiger partial charge on any atom is 0.384 e. The first kappa shape index (κ1) is 11.3. The molecule has 0 fully saturated rings. The van der Waals surface area contributed by atoms with Crippen molar-refractivity contribution in [3.8, 4) is 0 Å². The number of azo groups is 1. The Bertz CT molecular complexity index is 623. The lowest BCUT2D eigenvalue weighted by Gasteiger charge is -1.98. The van der Waals surface area contributed by atoms with Crippen molar-refractivity contribution in [3.63, 3.8) is 0 Å². The molecule has 0 radical (unpaired) electrons. The monoisotopic (exact) mass is 231 g/mol. The van der Waals surface area contributed by atoms with Gasteiger partial charge in [-0.1, -0.05) is 6.07 Å². The number of aromatic nitrogens is 1. The molecule has 0 saturated heterocycles. The largest absolute Gasteiger partial charge is 0.384 e. The zero-order valence-corrected chi connectivity index (χ0v) is 9.94. The van der Waals surface area contributed by atoms with Crippen LogP contribution in [0.25, 0.3) is 0 Å². The third-order valence-corrected chi connectivity index (χ3v) is 2.60. The van der Waals surface area contributed by atoms with Gasteiger partial charge in [0.1, 0.15) is 0 Å². The molecule has 0 aliphatic rings. The summed E-state index contributed by atoms with van der Waals surface area (Å²) in [6, 6.07) is 5.74. The van der Waals surface area contributed by atoms with Gasteiger partial charge in [-0.15, -0.1) is 5.11 Å². The Morgan fingerprint density at radius 3 is 2.47 bits per heavy atom. The Kier molecular flexibility index (Phi) is 2.91. The van der Waals surface area contributed by atoms with E-state index in [9.17, 15) is 4.79 Å². The summed E-state index contributed by atoms with van der Waals surface area (Å²) in [5.74, 6) is 0. The molecule has 1 aromatic carbocycles. The van der Waals surface area contributed by atoms with Gasteiger partial charge in [0.15, 0.2) is 5.69 Å². The third kappa shape index (κ3) is 2.33. The molecule has 2 aromatic rings. The van der Waals surface area contributed by atoms with Crippen LogP contribution in [-0.4, -0.2) is 5.16 Å². The number of rotatable bonds is 2. The lowest BCUT2D eigenvalue weighted by molar-refractivity contribution is 0.388. The van der Waals surface area contributed by atoms with E-state index in [1.807, 2.05) is 32.0 Å². The molecule has 0 spiro atoms. The van der Waals surface area contributed by atoms with E-state index < -0.39 is 5.63 Å². The van der Waals surface area contributed by atoms with E-state index in [1.165, 1.54) is 5.56 Å². The molecule has 88 valence electrons. The minimum absolute atomic E-state index is 0.211. The number of H-pyrrole nitrogens is 1. The van der Waals surface area contributed by atoms with Gasteiger partial charge in [-0.3, -0.25) is 0 Å². The summed E-state index contributed by atoms with van der Waals surface area (Å²) in [5.41, 5.74) is 3.33. The molecule has 17 heavy (non-hydrogen) atoms. The molecule has 1 aromatic heterocycles. The summed E-state index contributed by atoms with van der Waals surface area (Å²) in [7, 11) is 0. The molecule has 2 rings (SSSR count). The van der Waals surface area contributed by atoms with Gasteiger partial charge in [0.25, 0.3) is 0 Å². The summed E-state index contributed by atoms with van der Waals surface area (Å²) >= 11 is 0. The van der Waals surface area contributed by atoms with Gasteiger partial charge in [0.2, 0.25) is 0 Å². The molecule has 0 amide bonds. The Labute approximate surface area is 98.2 Å². The number of hydrogen-bond acceptors (Lipinski definition) is 4. The lowest BCUT2D eigenvalue weighted by Crippen LogP contribution is -1.89. The quantitative estimate of drug-likeness (QED) is 0.805. The van der Waals surface area contributed by atoms with Gasteiger partial charge in [0, 0.05) is 0 Å². The van der Waals surface area contributed by atoms with Gasteiger partial charge < -0.3 is 4.52 Å². The number of aryl methyl sites for hydroxylation is 3. The first-order valence-corrected chi connectivity index (χ1v) is 5.25. The molecule has 0 atom stereocenters. The molecule has 0 saturated carbocycles. The Hall–Kier alpha value is -2.17. The molecule has 0 aliphatic heterocycles. The van der Waals surface area contributed by atoms with Crippen molar-refractivity contribution in [3.05, 3.63) is 45.4 Å². The molecule has 0 aliphatic carbocycles. The van der Waals surface area contributed by atoms with Crippen molar-refractivity contribution < 1.29 is 4.52 Å². The summed E-state index contributed by atoms with van der Waals surface area (Å²) in [6.07, 6.45) is 0. The third-order valence-electron chi connectivity index (χ3n) is 2.60. The van der Waals surface area contributed by atoms with Gasteiger partial charge in [-0.2, -0.15) is 5.11 Å². The maximum absolute atomic E-state index is 11.2.